The van der Waals surface area contributed by atoms with Gasteiger partial charge in [0.15, 0.2) is 13.6 Å². The topological polar surface area (TPSA) is 71.1 Å². The van der Waals surface area contributed by atoms with Gasteiger partial charge in [-0.1, -0.05) is 13.8 Å². The molecule has 0 aliphatic rings. The second-order valence-corrected chi connectivity index (χ2v) is 3.58. The van der Waals surface area contributed by atoms with E-state index < -0.39 is 0 Å². The molecule has 0 spiro atoms. The van der Waals surface area contributed by atoms with Crippen LogP contribution in [0.15, 0.2) is 0 Å². The molecule has 0 aromatic rings. The van der Waals surface area contributed by atoms with Crippen molar-refractivity contribution in [3.63, 3.8) is 0 Å². The van der Waals surface area contributed by atoms with Crippen LogP contribution in [0.25, 0.3) is 0 Å². The molecule has 6 nitrogen and oxygen atoms in total. The smallest absolute Gasteiger partial charge is 0.307 e. The molecular weight excluding hydrogens is 240 g/mol. The van der Waals surface area contributed by atoms with E-state index in [0.717, 1.165) is 12.8 Å². The Bertz CT molecular complexity index is 205. The molecule has 0 atom stereocenters. The first-order chi connectivity index (χ1) is 8.70. The molecule has 0 aliphatic heterocycles. The average Bonchev–Trinajstić information content (AvgIpc) is 2.33. The standard InChI is InChI=1S/C12H22O6/c1-3-5-11(13)17-9-15-7-8-16-10-18-12(14)6-4-2/h3-10H2,1-2H3. The number of carbonyl (C=O) groups excluding carboxylic acids is 2. The van der Waals surface area contributed by atoms with Crippen LogP contribution in [0.4, 0.5) is 0 Å². The highest BCUT2D eigenvalue weighted by molar-refractivity contribution is 5.69. The molecule has 18 heavy (non-hydrogen) atoms. The monoisotopic (exact) mass is 262 g/mol. The van der Waals surface area contributed by atoms with Crippen molar-refractivity contribution in [2.45, 2.75) is 39.5 Å². The Kier molecular flexibility index (Phi) is 11.5. The molecule has 0 saturated carbocycles. The van der Waals surface area contributed by atoms with E-state index in [9.17, 15) is 9.59 Å². The van der Waals surface area contributed by atoms with E-state index in [1.807, 2.05) is 13.8 Å². The van der Waals surface area contributed by atoms with Crippen LogP contribution in [-0.4, -0.2) is 38.7 Å². The Balaban J connectivity index is 3.16. The highest BCUT2D eigenvalue weighted by atomic mass is 16.7. The number of rotatable bonds is 11. The zero-order valence-electron chi connectivity index (χ0n) is 11.1. The predicted molar refractivity (Wildman–Crippen MR) is 63.6 cm³/mol. The van der Waals surface area contributed by atoms with Crippen LogP contribution in [0.1, 0.15) is 39.5 Å². The molecular formula is C12H22O6. The zero-order valence-corrected chi connectivity index (χ0v) is 11.1. The van der Waals surface area contributed by atoms with Crippen molar-refractivity contribution in [2.75, 3.05) is 26.8 Å². The summed E-state index contributed by atoms with van der Waals surface area (Å²) >= 11 is 0. The molecule has 0 radical (unpaired) electrons. The average molecular weight is 262 g/mol. The van der Waals surface area contributed by atoms with Crippen LogP contribution in [0.3, 0.4) is 0 Å². The molecule has 0 N–H and O–H groups in total. The summed E-state index contributed by atoms with van der Waals surface area (Å²) in [5, 5.41) is 0. The highest BCUT2D eigenvalue weighted by Gasteiger charge is 2.01. The summed E-state index contributed by atoms with van der Waals surface area (Å²) in [6, 6.07) is 0. The lowest BCUT2D eigenvalue weighted by Crippen LogP contribution is -2.13. The third kappa shape index (κ3) is 11.3. The molecule has 106 valence electrons. The second-order valence-electron chi connectivity index (χ2n) is 3.58. The van der Waals surface area contributed by atoms with Gasteiger partial charge in [-0.05, 0) is 12.8 Å². The molecule has 0 aliphatic carbocycles. The molecule has 0 aromatic carbocycles. The lowest BCUT2D eigenvalue weighted by Gasteiger charge is -2.07. The van der Waals surface area contributed by atoms with Gasteiger partial charge in [0.25, 0.3) is 0 Å². The van der Waals surface area contributed by atoms with E-state index in [-0.39, 0.29) is 38.7 Å². The summed E-state index contributed by atoms with van der Waals surface area (Å²) in [7, 11) is 0. The summed E-state index contributed by atoms with van der Waals surface area (Å²) in [6.45, 7) is 4.22. The fourth-order valence-corrected chi connectivity index (χ4v) is 1.00. The van der Waals surface area contributed by atoms with E-state index in [1.54, 1.807) is 0 Å². The Morgan fingerprint density at radius 1 is 0.778 bits per heavy atom. The molecule has 0 amide bonds. The van der Waals surface area contributed by atoms with Crippen molar-refractivity contribution in [3.05, 3.63) is 0 Å². The Labute approximate surface area is 108 Å². The van der Waals surface area contributed by atoms with Crippen LogP contribution in [0, 0.1) is 0 Å². The minimum absolute atomic E-state index is 0.0716. The third-order valence-electron chi connectivity index (χ3n) is 1.89. The Morgan fingerprint density at radius 2 is 1.17 bits per heavy atom. The summed E-state index contributed by atoms with van der Waals surface area (Å²) in [6.07, 6.45) is 2.30. The van der Waals surface area contributed by atoms with Crippen molar-refractivity contribution in [3.8, 4) is 0 Å². The first kappa shape index (κ1) is 16.9. The second kappa shape index (κ2) is 12.3. The quantitative estimate of drug-likeness (QED) is 0.320. The van der Waals surface area contributed by atoms with Crippen LogP contribution < -0.4 is 0 Å². The molecule has 6 heteroatoms. The maximum Gasteiger partial charge on any atom is 0.307 e. The van der Waals surface area contributed by atoms with E-state index in [2.05, 4.69) is 0 Å². The van der Waals surface area contributed by atoms with Crippen molar-refractivity contribution >= 4 is 11.9 Å². The van der Waals surface area contributed by atoms with Gasteiger partial charge in [0.05, 0.1) is 13.2 Å². The van der Waals surface area contributed by atoms with Crippen molar-refractivity contribution < 1.29 is 28.5 Å². The number of hydrogen-bond donors (Lipinski definition) is 0. The summed E-state index contributed by atoms with van der Waals surface area (Å²) < 4.78 is 19.5. The van der Waals surface area contributed by atoms with Gasteiger partial charge in [-0.3, -0.25) is 9.59 Å². The Hall–Kier alpha value is -1.14. The van der Waals surface area contributed by atoms with Crippen molar-refractivity contribution in [2.24, 2.45) is 0 Å². The van der Waals surface area contributed by atoms with Crippen LogP contribution >= 0.6 is 0 Å². The molecule has 0 aromatic heterocycles. The van der Waals surface area contributed by atoms with Crippen molar-refractivity contribution in [1.29, 1.82) is 0 Å². The van der Waals surface area contributed by atoms with Gasteiger partial charge in [0.1, 0.15) is 0 Å². The fraction of sp³-hybridized carbons (Fsp3) is 0.833. The van der Waals surface area contributed by atoms with E-state index >= 15 is 0 Å². The molecule has 0 rings (SSSR count). The van der Waals surface area contributed by atoms with Gasteiger partial charge in [-0.15, -0.1) is 0 Å². The minimum atomic E-state index is -0.271. The van der Waals surface area contributed by atoms with E-state index in [0.29, 0.717) is 12.8 Å². The first-order valence-electron chi connectivity index (χ1n) is 6.17. The molecule has 0 fully saturated rings. The SMILES string of the molecule is CCCC(=O)OCOCCOCOC(=O)CCC. The third-order valence-corrected chi connectivity index (χ3v) is 1.89. The molecule has 0 unspecified atom stereocenters. The number of ether oxygens (including phenoxy) is 4. The maximum atomic E-state index is 10.9. The predicted octanol–water partition coefficient (Wildman–Crippen LogP) is 1.62. The summed E-state index contributed by atoms with van der Waals surface area (Å²) in [5.74, 6) is -0.543. The summed E-state index contributed by atoms with van der Waals surface area (Å²) in [5.41, 5.74) is 0. The van der Waals surface area contributed by atoms with Crippen molar-refractivity contribution in [1.82, 2.24) is 0 Å². The summed E-state index contributed by atoms with van der Waals surface area (Å²) in [4.78, 5) is 21.8. The molecule has 0 saturated heterocycles. The van der Waals surface area contributed by atoms with Gasteiger partial charge in [-0.2, -0.15) is 0 Å². The van der Waals surface area contributed by atoms with E-state index in [1.165, 1.54) is 0 Å². The number of esters is 2. The largest absolute Gasteiger partial charge is 0.438 e. The van der Waals surface area contributed by atoms with Crippen LogP contribution in [-0.2, 0) is 28.5 Å². The maximum absolute atomic E-state index is 10.9. The molecule has 0 heterocycles. The first-order valence-corrected chi connectivity index (χ1v) is 6.17. The lowest BCUT2D eigenvalue weighted by molar-refractivity contribution is -0.164. The van der Waals surface area contributed by atoms with Gasteiger partial charge < -0.3 is 18.9 Å². The van der Waals surface area contributed by atoms with E-state index in [4.69, 9.17) is 18.9 Å². The van der Waals surface area contributed by atoms with Gasteiger partial charge in [-0.25, -0.2) is 0 Å². The van der Waals surface area contributed by atoms with Gasteiger partial charge in [0, 0.05) is 12.8 Å². The minimum Gasteiger partial charge on any atom is -0.438 e. The number of carbonyl (C=O) groups is 2. The highest BCUT2D eigenvalue weighted by Crippen LogP contribution is 1.92. The molecule has 0 bridgehead atoms. The van der Waals surface area contributed by atoms with Crippen LogP contribution in [0.2, 0.25) is 0 Å². The van der Waals surface area contributed by atoms with Crippen LogP contribution in [0.5, 0.6) is 0 Å². The zero-order chi connectivity index (χ0) is 13.6. The number of hydrogen-bond acceptors (Lipinski definition) is 6. The normalized spacial score (nSPS) is 10.1. The van der Waals surface area contributed by atoms with Gasteiger partial charge in [0.2, 0.25) is 0 Å². The lowest BCUT2D eigenvalue weighted by atomic mass is 10.3. The van der Waals surface area contributed by atoms with Gasteiger partial charge >= 0.3 is 11.9 Å². The fourth-order valence-electron chi connectivity index (χ4n) is 1.00. The Morgan fingerprint density at radius 3 is 1.50 bits per heavy atom.